The van der Waals surface area contributed by atoms with Crippen molar-refractivity contribution in [3.05, 3.63) is 63.1 Å². The number of nitrogens with zero attached hydrogens (tertiary/aromatic N) is 2. The molecule has 0 bridgehead atoms. The van der Waals surface area contributed by atoms with Crippen molar-refractivity contribution in [3.63, 3.8) is 0 Å². The van der Waals surface area contributed by atoms with Gasteiger partial charge >= 0.3 is 0 Å². The van der Waals surface area contributed by atoms with Crippen molar-refractivity contribution >= 4 is 40.5 Å². The summed E-state index contributed by atoms with van der Waals surface area (Å²) in [4.78, 5) is 4.57. The van der Waals surface area contributed by atoms with Crippen LogP contribution < -0.4 is 4.90 Å². The average molecular weight is 458 g/mol. The molecule has 2 aromatic carbocycles. The lowest BCUT2D eigenvalue weighted by Crippen LogP contribution is -2.51. The summed E-state index contributed by atoms with van der Waals surface area (Å²) in [7, 11) is 0. The highest BCUT2D eigenvalue weighted by atomic mass is 35.5. The third kappa shape index (κ3) is 6.24. The van der Waals surface area contributed by atoms with Crippen LogP contribution in [0.25, 0.3) is 0 Å². The summed E-state index contributed by atoms with van der Waals surface area (Å²) in [6.07, 6.45) is -0.413. The van der Waals surface area contributed by atoms with Gasteiger partial charge in [0.25, 0.3) is 0 Å². The van der Waals surface area contributed by atoms with E-state index < -0.39 is 6.10 Å². The van der Waals surface area contributed by atoms with Crippen LogP contribution in [-0.4, -0.2) is 55.0 Å². The molecule has 0 aromatic heterocycles. The molecule has 158 valence electrons. The van der Waals surface area contributed by atoms with Gasteiger partial charge in [0.15, 0.2) is 0 Å². The van der Waals surface area contributed by atoms with Crippen molar-refractivity contribution in [2.75, 3.05) is 37.7 Å². The maximum Gasteiger partial charge on any atom is 0.0900 e. The number of halogens is 3. The predicted octanol–water partition coefficient (Wildman–Crippen LogP) is 5.30. The van der Waals surface area contributed by atoms with Gasteiger partial charge < -0.3 is 14.7 Å². The van der Waals surface area contributed by atoms with E-state index in [0.717, 1.165) is 30.9 Å². The summed E-state index contributed by atoms with van der Waals surface area (Å²) < 4.78 is 5.56. The fourth-order valence-electron chi connectivity index (χ4n) is 3.63. The minimum Gasteiger partial charge on any atom is -0.389 e. The SMILES string of the molecule is CC(C)OCC(O)CN1CCN(c2ccc(Cl)cc2Cl)[C@H](c2ccc(Cl)cc2)C1. The van der Waals surface area contributed by atoms with Gasteiger partial charge in [0.05, 0.1) is 35.6 Å². The predicted molar refractivity (Wildman–Crippen MR) is 122 cm³/mol. The van der Waals surface area contributed by atoms with Gasteiger partial charge in [-0.15, -0.1) is 0 Å². The van der Waals surface area contributed by atoms with Crippen LogP contribution in [0.4, 0.5) is 5.69 Å². The first kappa shape index (κ1) is 22.7. The standard InChI is InChI=1S/C22H27Cl3N2O2/c1-15(2)29-14-19(28)12-26-9-10-27(21-8-7-18(24)11-20(21)25)22(13-26)16-3-5-17(23)6-4-16/h3-8,11,15,19,22,28H,9-10,12-14H2,1-2H3/t19?,22-/m0/s1. The second-order valence-corrected chi connectivity index (χ2v) is 8.93. The van der Waals surface area contributed by atoms with E-state index in [0.29, 0.717) is 28.2 Å². The zero-order valence-electron chi connectivity index (χ0n) is 16.7. The van der Waals surface area contributed by atoms with Gasteiger partial charge in [-0.3, -0.25) is 4.90 Å². The van der Waals surface area contributed by atoms with Crippen molar-refractivity contribution < 1.29 is 9.84 Å². The summed E-state index contributed by atoms with van der Waals surface area (Å²) in [5.41, 5.74) is 2.11. The van der Waals surface area contributed by atoms with Gasteiger partial charge in [-0.05, 0) is 49.7 Å². The first-order valence-corrected chi connectivity index (χ1v) is 11.0. The third-order valence-corrected chi connectivity index (χ3v) is 5.82. The first-order chi connectivity index (χ1) is 13.8. The normalized spacial score (nSPS) is 19.0. The number of hydrogen-bond donors (Lipinski definition) is 1. The Bertz CT molecular complexity index is 801. The van der Waals surface area contributed by atoms with Crippen LogP contribution in [0.3, 0.4) is 0 Å². The maximum atomic E-state index is 10.4. The van der Waals surface area contributed by atoms with Crippen LogP contribution in [0.1, 0.15) is 25.5 Å². The fraction of sp³-hybridized carbons (Fsp3) is 0.455. The number of ether oxygens (including phenoxy) is 1. The van der Waals surface area contributed by atoms with E-state index in [1.54, 1.807) is 6.07 Å². The van der Waals surface area contributed by atoms with Crippen molar-refractivity contribution in [2.24, 2.45) is 0 Å². The number of β-amino-alcohol motifs (C(OH)–C–C–N with tert-alkyl or cyclic N) is 1. The van der Waals surface area contributed by atoms with E-state index in [1.165, 1.54) is 0 Å². The number of piperazine rings is 1. The Kier molecular flexibility index (Phi) is 8.08. The number of aliphatic hydroxyl groups is 1. The number of aliphatic hydroxyl groups excluding tert-OH is 1. The molecule has 1 N–H and O–H groups in total. The summed E-state index contributed by atoms with van der Waals surface area (Å²) in [6, 6.07) is 13.6. The van der Waals surface area contributed by atoms with Crippen molar-refractivity contribution in [3.8, 4) is 0 Å². The molecule has 1 aliphatic rings. The molecule has 1 heterocycles. The van der Waals surface area contributed by atoms with Crippen LogP contribution in [-0.2, 0) is 4.74 Å². The van der Waals surface area contributed by atoms with Crippen LogP contribution in [0.5, 0.6) is 0 Å². The van der Waals surface area contributed by atoms with Gasteiger partial charge in [0.1, 0.15) is 0 Å². The minimum atomic E-state index is -0.520. The average Bonchev–Trinajstić information content (AvgIpc) is 2.67. The topological polar surface area (TPSA) is 35.9 Å². The minimum absolute atomic E-state index is 0.0814. The molecule has 0 amide bonds. The molecule has 0 spiro atoms. The zero-order valence-corrected chi connectivity index (χ0v) is 19.0. The largest absolute Gasteiger partial charge is 0.389 e. The molecule has 1 fully saturated rings. The second-order valence-electron chi connectivity index (χ2n) is 7.65. The molecule has 0 radical (unpaired) electrons. The van der Waals surface area contributed by atoms with E-state index in [2.05, 4.69) is 9.80 Å². The maximum absolute atomic E-state index is 10.4. The third-order valence-electron chi connectivity index (χ3n) is 5.03. The molecule has 2 aromatic rings. The molecule has 29 heavy (non-hydrogen) atoms. The molecule has 1 aliphatic heterocycles. The molecule has 4 nitrogen and oxygen atoms in total. The molecule has 0 saturated carbocycles. The lowest BCUT2D eigenvalue weighted by atomic mass is 10.0. The summed E-state index contributed by atoms with van der Waals surface area (Å²) >= 11 is 18.7. The Morgan fingerprint density at radius 2 is 1.72 bits per heavy atom. The van der Waals surface area contributed by atoms with Crippen LogP contribution in [0.2, 0.25) is 15.1 Å². The number of benzene rings is 2. The Labute approximate surface area is 187 Å². The van der Waals surface area contributed by atoms with Gasteiger partial charge in [-0.25, -0.2) is 0 Å². The number of hydrogen-bond acceptors (Lipinski definition) is 4. The van der Waals surface area contributed by atoms with Crippen LogP contribution in [0.15, 0.2) is 42.5 Å². The lowest BCUT2D eigenvalue weighted by molar-refractivity contribution is -0.0106. The van der Waals surface area contributed by atoms with Gasteiger partial charge in [0, 0.05) is 36.2 Å². The molecular formula is C22H27Cl3N2O2. The molecule has 1 unspecified atom stereocenters. The number of rotatable bonds is 7. The quantitative estimate of drug-likeness (QED) is 0.612. The van der Waals surface area contributed by atoms with Gasteiger partial charge in [-0.2, -0.15) is 0 Å². The van der Waals surface area contributed by atoms with E-state index in [9.17, 15) is 5.11 Å². The summed E-state index contributed by atoms with van der Waals surface area (Å²) in [5.74, 6) is 0. The summed E-state index contributed by atoms with van der Waals surface area (Å²) in [6.45, 7) is 7.22. The highest BCUT2D eigenvalue weighted by Gasteiger charge is 2.30. The molecule has 7 heteroatoms. The van der Waals surface area contributed by atoms with E-state index >= 15 is 0 Å². The van der Waals surface area contributed by atoms with Crippen molar-refractivity contribution in [1.29, 1.82) is 0 Å². The fourth-order valence-corrected chi connectivity index (χ4v) is 4.28. The highest BCUT2D eigenvalue weighted by Crippen LogP contribution is 2.36. The van der Waals surface area contributed by atoms with Crippen LogP contribution in [0, 0.1) is 0 Å². The molecule has 0 aliphatic carbocycles. The first-order valence-electron chi connectivity index (χ1n) is 9.82. The monoisotopic (exact) mass is 456 g/mol. The Morgan fingerprint density at radius 3 is 2.38 bits per heavy atom. The summed E-state index contributed by atoms with van der Waals surface area (Å²) in [5, 5.41) is 12.3. The molecule has 2 atom stereocenters. The van der Waals surface area contributed by atoms with Crippen molar-refractivity contribution in [1.82, 2.24) is 4.90 Å². The van der Waals surface area contributed by atoms with E-state index in [4.69, 9.17) is 39.5 Å². The Balaban J connectivity index is 1.80. The Morgan fingerprint density at radius 1 is 1.03 bits per heavy atom. The molecule has 1 saturated heterocycles. The molecular weight excluding hydrogens is 431 g/mol. The Hall–Kier alpha value is -1.01. The van der Waals surface area contributed by atoms with Gasteiger partial charge in [-0.1, -0.05) is 46.9 Å². The van der Waals surface area contributed by atoms with E-state index in [1.807, 2.05) is 50.2 Å². The smallest absolute Gasteiger partial charge is 0.0900 e. The van der Waals surface area contributed by atoms with Crippen molar-refractivity contribution in [2.45, 2.75) is 32.1 Å². The lowest BCUT2D eigenvalue weighted by Gasteiger charge is -2.44. The second kappa shape index (κ2) is 10.3. The van der Waals surface area contributed by atoms with Gasteiger partial charge in [0.2, 0.25) is 0 Å². The molecule has 3 rings (SSSR count). The van der Waals surface area contributed by atoms with Crippen LogP contribution >= 0.6 is 34.8 Å². The van der Waals surface area contributed by atoms with E-state index in [-0.39, 0.29) is 12.1 Å². The highest BCUT2D eigenvalue weighted by molar-refractivity contribution is 6.36. The number of anilines is 1. The zero-order chi connectivity index (χ0) is 21.0.